The number of likely N-dealkylation sites (N-methyl/N-ethyl adjacent to an activating group) is 1. The lowest BCUT2D eigenvalue weighted by Gasteiger charge is -2.36. The van der Waals surface area contributed by atoms with E-state index in [-0.39, 0.29) is 11.7 Å². The summed E-state index contributed by atoms with van der Waals surface area (Å²) in [5.41, 5.74) is 1.13. The van der Waals surface area contributed by atoms with Crippen LogP contribution in [0.5, 0.6) is 0 Å². The molecule has 2 aliphatic heterocycles. The fourth-order valence-corrected chi connectivity index (χ4v) is 4.59. The second kappa shape index (κ2) is 10.1. The minimum atomic E-state index is -1.10. The summed E-state index contributed by atoms with van der Waals surface area (Å²) in [6, 6.07) is 3.26. The number of carbonyl (C=O) groups is 1. The van der Waals surface area contributed by atoms with Crippen LogP contribution in [0.1, 0.15) is 17.4 Å². The standard InChI is InChI=1S/C21H25BrFN7O3/c1-29(2)8-13-9-30(5-6-33-13)10-16-17(21(31)32)18(14-4-3-12(23)7-15(14)22)27-20(26-16)19-24-11-25-28-19/h3-4,7,11,13,18H,5-6,8-10H2,1-2H3,(H,26,27)(H,31,32)(H,24,25,28)/t13-,18?/m1/s1. The van der Waals surface area contributed by atoms with Gasteiger partial charge in [-0.3, -0.25) is 15.0 Å². The van der Waals surface area contributed by atoms with Crippen LogP contribution in [0.15, 0.2) is 45.3 Å². The van der Waals surface area contributed by atoms with Gasteiger partial charge in [-0.2, -0.15) is 5.10 Å². The van der Waals surface area contributed by atoms with E-state index in [0.29, 0.717) is 53.6 Å². The maximum Gasteiger partial charge on any atom is 0.335 e. The summed E-state index contributed by atoms with van der Waals surface area (Å²) in [6.07, 6.45) is 1.38. The number of aliphatic carboxylic acids is 1. The molecule has 1 unspecified atom stereocenters. The van der Waals surface area contributed by atoms with E-state index in [4.69, 9.17) is 4.74 Å². The number of hydrogen-bond acceptors (Lipinski definition) is 8. The van der Waals surface area contributed by atoms with Crippen LogP contribution in [-0.2, 0) is 9.53 Å². The number of aromatic nitrogens is 3. The Morgan fingerprint density at radius 3 is 2.91 bits per heavy atom. The van der Waals surface area contributed by atoms with E-state index in [1.807, 2.05) is 14.1 Å². The Balaban J connectivity index is 1.71. The first-order valence-electron chi connectivity index (χ1n) is 10.4. The smallest absolute Gasteiger partial charge is 0.335 e. The molecule has 3 N–H and O–H groups in total. The van der Waals surface area contributed by atoms with Crippen molar-refractivity contribution in [1.29, 1.82) is 0 Å². The Morgan fingerprint density at radius 2 is 2.24 bits per heavy atom. The summed E-state index contributed by atoms with van der Waals surface area (Å²) in [5, 5.41) is 20.0. The predicted molar refractivity (Wildman–Crippen MR) is 122 cm³/mol. The number of aromatic amines is 1. The molecule has 1 aromatic carbocycles. The van der Waals surface area contributed by atoms with Crippen molar-refractivity contribution in [3.05, 3.63) is 57.5 Å². The second-order valence-corrected chi connectivity index (χ2v) is 9.05. The lowest BCUT2D eigenvalue weighted by molar-refractivity contribution is -0.133. The average Bonchev–Trinajstić information content (AvgIpc) is 3.28. The van der Waals surface area contributed by atoms with Gasteiger partial charge in [0.2, 0.25) is 0 Å². The largest absolute Gasteiger partial charge is 0.478 e. The van der Waals surface area contributed by atoms with E-state index in [2.05, 4.69) is 51.2 Å². The molecule has 3 heterocycles. The van der Waals surface area contributed by atoms with Crippen molar-refractivity contribution in [3.8, 4) is 0 Å². The van der Waals surface area contributed by atoms with Gasteiger partial charge in [0.1, 0.15) is 18.2 Å². The van der Waals surface area contributed by atoms with Gasteiger partial charge in [-0.15, -0.1) is 0 Å². The number of rotatable bonds is 7. The summed E-state index contributed by atoms with van der Waals surface area (Å²) in [6.45, 7) is 3.02. The molecule has 0 amide bonds. The van der Waals surface area contributed by atoms with Gasteiger partial charge in [0, 0.05) is 36.3 Å². The van der Waals surface area contributed by atoms with Crippen molar-refractivity contribution in [3.63, 3.8) is 0 Å². The van der Waals surface area contributed by atoms with Gasteiger partial charge < -0.3 is 20.1 Å². The minimum absolute atomic E-state index is 0.0238. The van der Waals surface area contributed by atoms with Crippen LogP contribution in [0.2, 0.25) is 0 Å². The number of H-pyrrole nitrogens is 1. The average molecular weight is 522 g/mol. The molecule has 0 spiro atoms. The summed E-state index contributed by atoms with van der Waals surface area (Å²) < 4.78 is 20.0. The van der Waals surface area contributed by atoms with Crippen LogP contribution >= 0.6 is 15.9 Å². The number of aliphatic imine (C=N–C) groups is 1. The number of ether oxygens (including phenoxy) is 1. The SMILES string of the molecule is CN(C)C[C@@H]1CN(CC2=C(C(=O)O)C(c3ccc(F)cc3Br)N=C(c3ncn[nH]3)N2)CCO1. The molecule has 0 bridgehead atoms. The minimum Gasteiger partial charge on any atom is -0.478 e. The summed E-state index contributed by atoms with van der Waals surface area (Å²) in [4.78, 5) is 25.4. The summed E-state index contributed by atoms with van der Waals surface area (Å²) in [7, 11) is 3.97. The maximum absolute atomic E-state index is 13.7. The molecule has 4 rings (SSSR count). The summed E-state index contributed by atoms with van der Waals surface area (Å²) >= 11 is 3.36. The molecule has 1 fully saturated rings. The Labute approximate surface area is 198 Å². The molecular weight excluding hydrogens is 497 g/mol. The molecule has 2 aliphatic rings. The van der Waals surface area contributed by atoms with Crippen LogP contribution in [-0.4, -0.2) is 94.9 Å². The van der Waals surface area contributed by atoms with Crippen molar-refractivity contribution >= 4 is 27.7 Å². The zero-order chi connectivity index (χ0) is 23.5. The molecule has 33 heavy (non-hydrogen) atoms. The Kier molecular flexibility index (Phi) is 7.17. The van der Waals surface area contributed by atoms with E-state index in [0.717, 1.165) is 6.54 Å². The second-order valence-electron chi connectivity index (χ2n) is 8.19. The Morgan fingerprint density at radius 1 is 1.42 bits per heavy atom. The molecule has 0 aliphatic carbocycles. The first kappa shape index (κ1) is 23.5. The van der Waals surface area contributed by atoms with Gasteiger partial charge in [-0.05, 0) is 31.8 Å². The predicted octanol–water partition coefficient (Wildman–Crippen LogP) is 1.40. The zero-order valence-electron chi connectivity index (χ0n) is 18.3. The monoisotopic (exact) mass is 521 g/mol. The number of carboxylic acid groups (broad SMARTS) is 1. The third kappa shape index (κ3) is 5.46. The molecule has 176 valence electrons. The molecule has 0 saturated carbocycles. The number of halogens is 2. The third-order valence-electron chi connectivity index (χ3n) is 5.43. The van der Waals surface area contributed by atoms with E-state index in [1.165, 1.54) is 18.5 Å². The fraction of sp³-hybridized carbons (Fsp3) is 0.429. The number of morpholine rings is 1. The van der Waals surface area contributed by atoms with E-state index >= 15 is 0 Å². The number of amidine groups is 1. The molecule has 12 heteroatoms. The summed E-state index contributed by atoms with van der Waals surface area (Å²) in [5.74, 6) is -0.781. The highest BCUT2D eigenvalue weighted by Crippen LogP contribution is 2.36. The van der Waals surface area contributed by atoms with Crippen LogP contribution < -0.4 is 5.32 Å². The van der Waals surface area contributed by atoms with E-state index in [1.54, 1.807) is 6.07 Å². The highest BCUT2D eigenvalue weighted by atomic mass is 79.9. The molecule has 2 aromatic rings. The van der Waals surface area contributed by atoms with Gasteiger partial charge in [0.15, 0.2) is 11.7 Å². The van der Waals surface area contributed by atoms with E-state index in [9.17, 15) is 14.3 Å². The Hall–Kier alpha value is -2.67. The number of carboxylic acids is 1. The van der Waals surface area contributed by atoms with Crippen LogP contribution in [0.3, 0.4) is 0 Å². The highest BCUT2D eigenvalue weighted by molar-refractivity contribution is 9.10. The molecule has 0 radical (unpaired) electrons. The lowest BCUT2D eigenvalue weighted by atomic mass is 9.95. The third-order valence-corrected chi connectivity index (χ3v) is 6.11. The van der Waals surface area contributed by atoms with Crippen molar-refractivity contribution < 1.29 is 19.0 Å². The molecule has 2 atom stereocenters. The van der Waals surface area contributed by atoms with Crippen molar-refractivity contribution in [2.45, 2.75) is 12.1 Å². The van der Waals surface area contributed by atoms with Crippen LogP contribution in [0.25, 0.3) is 0 Å². The maximum atomic E-state index is 13.7. The van der Waals surface area contributed by atoms with Crippen molar-refractivity contribution in [2.24, 2.45) is 4.99 Å². The normalized spacial score (nSPS) is 21.8. The quantitative estimate of drug-likeness (QED) is 0.500. The highest BCUT2D eigenvalue weighted by Gasteiger charge is 2.34. The van der Waals surface area contributed by atoms with Gasteiger partial charge >= 0.3 is 5.97 Å². The van der Waals surface area contributed by atoms with Gasteiger partial charge in [-0.25, -0.2) is 14.2 Å². The van der Waals surface area contributed by atoms with E-state index < -0.39 is 17.8 Å². The van der Waals surface area contributed by atoms with Crippen LogP contribution in [0.4, 0.5) is 4.39 Å². The molecule has 10 nitrogen and oxygen atoms in total. The van der Waals surface area contributed by atoms with Crippen LogP contribution in [0, 0.1) is 5.82 Å². The number of hydrogen-bond donors (Lipinski definition) is 3. The topological polar surface area (TPSA) is 119 Å². The zero-order valence-corrected chi connectivity index (χ0v) is 19.8. The molecule has 1 aromatic heterocycles. The lowest BCUT2D eigenvalue weighted by Crippen LogP contribution is -2.49. The van der Waals surface area contributed by atoms with Gasteiger partial charge in [0.05, 0.1) is 18.3 Å². The van der Waals surface area contributed by atoms with Crippen molar-refractivity contribution in [2.75, 3.05) is 46.9 Å². The molecular formula is C21H25BrFN7O3. The first-order chi connectivity index (χ1) is 15.8. The Bertz CT molecular complexity index is 1070. The first-order valence-corrected chi connectivity index (χ1v) is 11.2. The molecule has 1 saturated heterocycles. The van der Waals surface area contributed by atoms with Gasteiger partial charge in [0.25, 0.3) is 0 Å². The van der Waals surface area contributed by atoms with Gasteiger partial charge in [-0.1, -0.05) is 22.0 Å². The number of nitrogens with zero attached hydrogens (tertiary/aromatic N) is 5. The fourth-order valence-electron chi connectivity index (χ4n) is 4.03. The number of benzene rings is 1. The van der Waals surface area contributed by atoms with Crippen molar-refractivity contribution in [1.82, 2.24) is 30.3 Å². The number of nitrogens with one attached hydrogen (secondary N) is 2.